The van der Waals surface area contributed by atoms with Crippen molar-refractivity contribution in [3.8, 4) is 0 Å². The molecule has 1 aliphatic carbocycles. The Kier molecular flexibility index (Phi) is 4.69. The average Bonchev–Trinajstić information content (AvgIpc) is 3.13. The molecule has 1 amide bonds. The van der Waals surface area contributed by atoms with E-state index in [-0.39, 0.29) is 23.5 Å². The summed E-state index contributed by atoms with van der Waals surface area (Å²) in [7, 11) is 0. The molecule has 136 valence electrons. The second-order valence-electron chi connectivity index (χ2n) is 7.77. The zero-order valence-electron chi connectivity index (χ0n) is 15.6. The average molecular weight is 345 g/mol. The van der Waals surface area contributed by atoms with Crippen LogP contribution in [0.5, 0.6) is 0 Å². The predicted octanol–water partition coefficient (Wildman–Crippen LogP) is 2.93. The van der Waals surface area contributed by atoms with Gasteiger partial charge in [0.25, 0.3) is 0 Å². The van der Waals surface area contributed by atoms with E-state index in [1.54, 1.807) is 13.0 Å². The third-order valence-corrected chi connectivity index (χ3v) is 4.54. The van der Waals surface area contributed by atoms with E-state index in [9.17, 15) is 4.79 Å². The van der Waals surface area contributed by atoms with Crippen molar-refractivity contribution in [3.05, 3.63) is 29.3 Å². The van der Waals surface area contributed by atoms with Crippen molar-refractivity contribution in [3.63, 3.8) is 0 Å². The number of aromatic nitrogens is 3. The quantitative estimate of drug-likeness (QED) is 0.890. The summed E-state index contributed by atoms with van der Waals surface area (Å²) in [5.41, 5.74) is 2.44. The van der Waals surface area contributed by atoms with E-state index in [4.69, 9.17) is 4.52 Å². The third kappa shape index (κ3) is 3.76. The van der Waals surface area contributed by atoms with Gasteiger partial charge in [-0.15, -0.1) is 0 Å². The molecule has 2 heterocycles. The summed E-state index contributed by atoms with van der Waals surface area (Å²) in [4.78, 5) is 12.4. The normalized spacial score (nSPS) is 18.7. The molecule has 0 aromatic carbocycles. The first-order valence-electron chi connectivity index (χ1n) is 8.83. The molecule has 2 atom stereocenters. The van der Waals surface area contributed by atoms with E-state index in [1.807, 2.05) is 13.1 Å². The van der Waals surface area contributed by atoms with Gasteiger partial charge in [0.2, 0.25) is 5.91 Å². The number of aryl methyl sites for hydroxylation is 1. The van der Waals surface area contributed by atoms with Gasteiger partial charge in [0.1, 0.15) is 5.76 Å². The number of nitrogens with zero attached hydrogens (tertiary/aromatic N) is 3. The highest BCUT2D eigenvalue weighted by Gasteiger charge is 2.29. The molecular formula is C18H27N5O2. The molecule has 2 aromatic rings. The number of carbonyl (C=O) groups excluding carboxylic acids is 1. The number of nitrogens with one attached hydrogen (secondary N) is 2. The lowest BCUT2D eigenvalue weighted by atomic mass is 9.91. The van der Waals surface area contributed by atoms with Crippen molar-refractivity contribution in [2.45, 2.75) is 71.5 Å². The Bertz CT molecular complexity index is 756. The minimum atomic E-state index is -0.342. The van der Waals surface area contributed by atoms with E-state index >= 15 is 0 Å². The molecule has 0 spiro atoms. The Morgan fingerprint density at radius 3 is 2.84 bits per heavy atom. The second kappa shape index (κ2) is 6.63. The van der Waals surface area contributed by atoms with Crippen molar-refractivity contribution in [2.24, 2.45) is 0 Å². The molecule has 0 saturated carbocycles. The summed E-state index contributed by atoms with van der Waals surface area (Å²) < 4.78 is 7.09. The maximum Gasteiger partial charge on any atom is 0.242 e. The molecule has 0 saturated heterocycles. The number of hydrogen-bond acceptors (Lipinski definition) is 5. The SMILES string of the molecule is Cc1cc(NC(=O)[C@H](C)N[C@@H]2CCCc3c2cnn3C(C)(C)C)no1. The molecule has 0 unspecified atom stereocenters. The molecule has 2 aromatic heterocycles. The Morgan fingerprint density at radius 1 is 1.44 bits per heavy atom. The smallest absolute Gasteiger partial charge is 0.242 e. The van der Waals surface area contributed by atoms with Gasteiger partial charge in [-0.2, -0.15) is 5.10 Å². The van der Waals surface area contributed by atoms with Gasteiger partial charge in [0.15, 0.2) is 5.82 Å². The minimum absolute atomic E-state index is 0.0384. The summed E-state index contributed by atoms with van der Waals surface area (Å²) in [5.74, 6) is 0.993. The summed E-state index contributed by atoms with van der Waals surface area (Å²) in [6, 6.07) is 1.50. The minimum Gasteiger partial charge on any atom is -0.360 e. The van der Waals surface area contributed by atoms with Crippen LogP contribution in [0, 0.1) is 6.92 Å². The second-order valence-corrected chi connectivity index (χ2v) is 7.77. The van der Waals surface area contributed by atoms with Crippen LogP contribution in [0.4, 0.5) is 5.82 Å². The van der Waals surface area contributed by atoms with E-state index in [0.717, 1.165) is 19.3 Å². The van der Waals surface area contributed by atoms with Crippen molar-refractivity contribution >= 4 is 11.7 Å². The zero-order chi connectivity index (χ0) is 18.2. The number of carbonyl (C=O) groups is 1. The van der Waals surface area contributed by atoms with Crippen molar-refractivity contribution in [1.29, 1.82) is 0 Å². The van der Waals surface area contributed by atoms with Gasteiger partial charge in [-0.3, -0.25) is 14.8 Å². The molecule has 0 radical (unpaired) electrons. The molecule has 2 N–H and O–H groups in total. The first-order chi connectivity index (χ1) is 11.8. The van der Waals surface area contributed by atoms with E-state index < -0.39 is 0 Å². The third-order valence-electron chi connectivity index (χ3n) is 4.54. The van der Waals surface area contributed by atoms with Gasteiger partial charge >= 0.3 is 0 Å². The van der Waals surface area contributed by atoms with Gasteiger partial charge in [-0.25, -0.2) is 0 Å². The van der Waals surface area contributed by atoms with Crippen LogP contribution in [0.15, 0.2) is 16.8 Å². The van der Waals surface area contributed by atoms with Crippen LogP contribution >= 0.6 is 0 Å². The first kappa shape index (κ1) is 17.7. The lowest BCUT2D eigenvalue weighted by molar-refractivity contribution is -0.118. The van der Waals surface area contributed by atoms with Crippen LogP contribution in [-0.2, 0) is 16.8 Å². The van der Waals surface area contributed by atoms with Gasteiger partial charge in [-0.05, 0) is 53.9 Å². The molecule has 25 heavy (non-hydrogen) atoms. The Balaban J connectivity index is 1.70. The number of anilines is 1. The summed E-state index contributed by atoms with van der Waals surface area (Å²) in [6.07, 6.45) is 5.07. The Labute approximate surface area is 148 Å². The molecule has 1 aliphatic rings. The first-order valence-corrected chi connectivity index (χ1v) is 8.83. The highest BCUT2D eigenvalue weighted by molar-refractivity contribution is 5.93. The lowest BCUT2D eigenvalue weighted by Gasteiger charge is -2.29. The molecule has 0 fully saturated rings. The summed E-state index contributed by atoms with van der Waals surface area (Å²) in [6.45, 7) is 10.1. The lowest BCUT2D eigenvalue weighted by Crippen LogP contribution is -2.41. The number of hydrogen-bond donors (Lipinski definition) is 2. The molecule has 0 bridgehead atoms. The fourth-order valence-corrected chi connectivity index (χ4v) is 3.35. The van der Waals surface area contributed by atoms with Crippen LogP contribution < -0.4 is 10.6 Å². The van der Waals surface area contributed by atoms with Crippen LogP contribution in [0.25, 0.3) is 0 Å². The van der Waals surface area contributed by atoms with Crippen LogP contribution in [-0.4, -0.2) is 26.9 Å². The highest BCUT2D eigenvalue weighted by Crippen LogP contribution is 2.32. The fraction of sp³-hybridized carbons (Fsp3) is 0.611. The highest BCUT2D eigenvalue weighted by atomic mass is 16.5. The molecule has 0 aliphatic heterocycles. The van der Waals surface area contributed by atoms with Crippen molar-refractivity contribution in [2.75, 3.05) is 5.32 Å². The molecule has 3 rings (SSSR count). The van der Waals surface area contributed by atoms with Crippen LogP contribution in [0.1, 0.15) is 63.6 Å². The van der Waals surface area contributed by atoms with Crippen molar-refractivity contribution in [1.82, 2.24) is 20.3 Å². The maximum absolute atomic E-state index is 12.4. The predicted molar refractivity (Wildman–Crippen MR) is 95.4 cm³/mol. The molecular weight excluding hydrogens is 318 g/mol. The fourth-order valence-electron chi connectivity index (χ4n) is 3.35. The van der Waals surface area contributed by atoms with E-state index in [1.165, 1.54) is 11.3 Å². The Hall–Kier alpha value is -2.15. The molecule has 7 heteroatoms. The standard InChI is InChI=1S/C18H27N5O2/c1-11-9-16(22-25-11)21-17(24)12(2)20-14-7-6-8-15-13(14)10-19-23(15)18(3,4)5/h9-10,12,14,20H,6-8H2,1-5H3,(H,21,22,24)/t12-,14+/m0/s1. The summed E-state index contributed by atoms with van der Waals surface area (Å²) >= 11 is 0. The largest absolute Gasteiger partial charge is 0.360 e. The van der Waals surface area contributed by atoms with Gasteiger partial charge in [0, 0.05) is 23.4 Å². The number of amides is 1. The van der Waals surface area contributed by atoms with E-state index in [0.29, 0.717) is 11.6 Å². The maximum atomic E-state index is 12.4. The van der Waals surface area contributed by atoms with Crippen LogP contribution in [0.3, 0.4) is 0 Å². The molecule has 7 nitrogen and oxygen atoms in total. The van der Waals surface area contributed by atoms with Crippen LogP contribution in [0.2, 0.25) is 0 Å². The van der Waals surface area contributed by atoms with Gasteiger partial charge in [-0.1, -0.05) is 5.16 Å². The van der Waals surface area contributed by atoms with Gasteiger partial charge < -0.3 is 9.84 Å². The van der Waals surface area contributed by atoms with Gasteiger partial charge in [0.05, 0.1) is 17.8 Å². The number of rotatable bonds is 4. The topological polar surface area (TPSA) is 85.0 Å². The Morgan fingerprint density at radius 2 is 2.20 bits per heavy atom. The monoisotopic (exact) mass is 345 g/mol. The zero-order valence-corrected chi connectivity index (χ0v) is 15.6. The summed E-state index contributed by atoms with van der Waals surface area (Å²) in [5, 5.41) is 14.6. The van der Waals surface area contributed by atoms with E-state index in [2.05, 4.69) is 46.3 Å². The number of fused-ring (bicyclic) bond motifs is 1. The van der Waals surface area contributed by atoms with Crippen molar-refractivity contribution < 1.29 is 9.32 Å².